The van der Waals surface area contributed by atoms with Crippen molar-refractivity contribution in [2.24, 2.45) is 5.41 Å². The second-order valence-electron chi connectivity index (χ2n) is 7.01. The second kappa shape index (κ2) is 4.28. The molecule has 0 N–H and O–H groups in total. The lowest BCUT2D eigenvalue weighted by molar-refractivity contribution is 0.356. The van der Waals surface area contributed by atoms with Gasteiger partial charge in [-0.05, 0) is 24.0 Å². The molecule has 0 unspecified atom stereocenters. The van der Waals surface area contributed by atoms with Gasteiger partial charge < -0.3 is 4.23 Å². The van der Waals surface area contributed by atoms with Crippen LogP contribution in [0.3, 0.4) is 0 Å². The summed E-state index contributed by atoms with van der Waals surface area (Å²) in [6.45, 7) is 16.3. The van der Waals surface area contributed by atoms with Crippen LogP contribution in [0.5, 0.6) is 0 Å². The number of hydrogen-bond acceptors (Lipinski definition) is 1. The largest absolute Gasteiger partial charge is 0.345 e. The molecule has 0 bridgehead atoms. The van der Waals surface area contributed by atoms with E-state index in [-0.39, 0.29) is 0 Å². The minimum Gasteiger partial charge on any atom is -0.345 e. The standard InChI is InChI=1S/C11H26BrNSi2/c1-11(2,9-12)10-13-14(3,4)7-8-15(13,5)6/h7-10H2,1-6H3. The fourth-order valence-corrected chi connectivity index (χ4v) is 17.1. The Morgan fingerprint density at radius 1 is 1.07 bits per heavy atom. The highest BCUT2D eigenvalue weighted by Crippen LogP contribution is 2.39. The van der Waals surface area contributed by atoms with E-state index in [1.165, 1.54) is 18.6 Å². The summed E-state index contributed by atoms with van der Waals surface area (Å²) >= 11 is 3.66. The second-order valence-corrected chi connectivity index (χ2v) is 17.3. The highest BCUT2D eigenvalue weighted by Gasteiger charge is 2.48. The minimum absolute atomic E-state index is 0.429. The Kier molecular flexibility index (Phi) is 3.97. The molecule has 0 atom stereocenters. The Morgan fingerprint density at radius 3 is 1.80 bits per heavy atom. The maximum atomic E-state index is 3.66. The summed E-state index contributed by atoms with van der Waals surface area (Å²) in [7, 11) is -2.11. The molecule has 4 heteroatoms. The third-order valence-corrected chi connectivity index (χ3v) is 15.6. The molecule has 0 radical (unpaired) electrons. The summed E-state index contributed by atoms with van der Waals surface area (Å²) in [5.74, 6) is 0. The fourth-order valence-electron chi connectivity index (χ4n) is 2.60. The summed E-state index contributed by atoms with van der Waals surface area (Å²) in [5, 5.41) is 1.12. The van der Waals surface area contributed by atoms with Gasteiger partial charge in [0, 0.05) is 5.33 Å². The van der Waals surface area contributed by atoms with Crippen molar-refractivity contribution in [2.45, 2.75) is 52.1 Å². The minimum atomic E-state index is -1.06. The average molecular weight is 308 g/mol. The third-order valence-electron chi connectivity index (χ3n) is 3.76. The SMILES string of the molecule is CC(C)(CBr)CN1[Si](C)(C)CC[Si]1(C)C. The van der Waals surface area contributed by atoms with Gasteiger partial charge in [-0.1, -0.05) is 56.0 Å². The summed E-state index contributed by atoms with van der Waals surface area (Å²) in [5.41, 5.74) is 0.429. The van der Waals surface area contributed by atoms with Crippen LogP contribution in [-0.2, 0) is 0 Å². The Hall–Kier alpha value is 0.874. The van der Waals surface area contributed by atoms with Crippen LogP contribution >= 0.6 is 15.9 Å². The third kappa shape index (κ3) is 3.17. The van der Waals surface area contributed by atoms with Gasteiger partial charge in [-0.2, -0.15) is 0 Å². The first kappa shape index (κ1) is 13.9. The van der Waals surface area contributed by atoms with Crippen LogP contribution in [0.2, 0.25) is 38.3 Å². The fraction of sp³-hybridized carbons (Fsp3) is 1.00. The molecule has 1 rings (SSSR count). The Morgan fingerprint density at radius 2 is 1.47 bits per heavy atom. The van der Waals surface area contributed by atoms with E-state index in [2.05, 4.69) is 60.2 Å². The van der Waals surface area contributed by atoms with Gasteiger partial charge in [0.2, 0.25) is 0 Å². The molecule has 1 heterocycles. The highest BCUT2D eigenvalue weighted by molar-refractivity contribution is 9.09. The molecule has 0 amide bonds. The van der Waals surface area contributed by atoms with Gasteiger partial charge in [-0.15, -0.1) is 0 Å². The van der Waals surface area contributed by atoms with Crippen molar-refractivity contribution >= 4 is 32.4 Å². The predicted molar refractivity (Wildman–Crippen MR) is 78.9 cm³/mol. The zero-order chi connectivity index (χ0) is 11.9. The molecule has 1 aliphatic rings. The van der Waals surface area contributed by atoms with Gasteiger partial charge >= 0.3 is 0 Å². The van der Waals surface area contributed by atoms with Crippen LogP contribution in [0.15, 0.2) is 0 Å². The Labute approximate surface area is 106 Å². The van der Waals surface area contributed by atoms with Crippen LogP contribution in [0.25, 0.3) is 0 Å². The summed E-state index contributed by atoms with van der Waals surface area (Å²) < 4.78 is 2.97. The number of halogens is 1. The maximum absolute atomic E-state index is 3.66. The van der Waals surface area contributed by atoms with Crippen molar-refractivity contribution in [3.05, 3.63) is 0 Å². The molecular weight excluding hydrogens is 282 g/mol. The first-order valence-electron chi connectivity index (χ1n) is 5.94. The van der Waals surface area contributed by atoms with Crippen molar-refractivity contribution in [1.82, 2.24) is 4.23 Å². The van der Waals surface area contributed by atoms with Crippen LogP contribution in [0.4, 0.5) is 0 Å². The summed E-state index contributed by atoms with van der Waals surface area (Å²) in [6, 6.07) is 3.04. The van der Waals surface area contributed by atoms with Crippen molar-refractivity contribution in [3.8, 4) is 0 Å². The monoisotopic (exact) mass is 307 g/mol. The predicted octanol–water partition coefficient (Wildman–Crippen LogP) is 4.13. The van der Waals surface area contributed by atoms with Gasteiger partial charge in [-0.25, -0.2) is 0 Å². The van der Waals surface area contributed by atoms with E-state index in [4.69, 9.17) is 0 Å². The van der Waals surface area contributed by atoms with E-state index in [9.17, 15) is 0 Å². The molecule has 1 aliphatic heterocycles. The molecule has 90 valence electrons. The van der Waals surface area contributed by atoms with Crippen LogP contribution < -0.4 is 0 Å². The van der Waals surface area contributed by atoms with Gasteiger partial charge in [0.05, 0.1) is 0 Å². The van der Waals surface area contributed by atoms with E-state index in [1.807, 2.05) is 0 Å². The molecular formula is C11H26BrNSi2. The van der Waals surface area contributed by atoms with E-state index in [0.29, 0.717) is 5.41 Å². The van der Waals surface area contributed by atoms with E-state index in [1.54, 1.807) is 0 Å². The van der Waals surface area contributed by atoms with Gasteiger partial charge in [0.25, 0.3) is 0 Å². The van der Waals surface area contributed by atoms with Crippen molar-refractivity contribution in [2.75, 3.05) is 11.9 Å². The molecule has 15 heavy (non-hydrogen) atoms. The Bertz CT molecular complexity index is 223. The zero-order valence-electron chi connectivity index (χ0n) is 11.2. The maximum Gasteiger partial charge on any atom is 0.115 e. The molecule has 0 saturated carbocycles. The molecule has 0 aliphatic carbocycles. The van der Waals surface area contributed by atoms with Gasteiger partial charge in [0.15, 0.2) is 0 Å². The quantitative estimate of drug-likeness (QED) is 0.559. The molecule has 0 aromatic carbocycles. The van der Waals surface area contributed by atoms with Crippen LogP contribution in [0, 0.1) is 5.41 Å². The van der Waals surface area contributed by atoms with Crippen molar-refractivity contribution < 1.29 is 0 Å². The topological polar surface area (TPSA) is 3.24 Å². The summed E-state index contributed by atoms with van der Waals surface area (Å²) in [6.07, 6.45) is 0. The van der Waals surface area contributed by atoms with Gasteiger partial charge in [-0.3, -0.25) is 0 Å². The molecule has 0 aromatic rings. The molecule has 1 fully saturated rings. The van der Waals surface area contributed by atoms with Crippen molar-refractivity contribution in [1.29, 1.82) is 0 Å². The van der Waals surface area contributed by atoms with Crippen molar-refractivity contribution in [3.63, 3.8) is 0 Å². The number of rotatable bonds is 3. The van der Waals surface area contributed by atoms with Crippen LogP contribution in [0.1, 0.15) is 13.8 Å². The first-order valence-corrected chi connectivity index (χ1v) is 13.4. The lowest BCUT2D eigenvalue weighted by atomic mass is 9.98. The first-order chi connectivity index (χ1) is 6.61. The van der Waals surface area contributed by atoms with Crippen LogP contribution in [-0.4, -0.2) is 32.6 Å². The van der Waals surface area contributed by atoms with Gasteiger partial charge in [0.1, 0.15) is 16.5 Å². The lowest BCUT2D eigenvalue weighted by Gasteiger charge is -2.43. The van der Waals surface area contributed by atoms with E-state index < -0.39 is 16.5 Å². The lowest BCUT2D eigenvalue weighted by Crippen LogP contribution is -2.57. The summed E-state index contributed by atoms with van der Waals surface area (Å²) in [4.78, 5) is 0. The molecule has 0 spiro atoms. The normalized spacial score (nSPS) is 25.8. The molecule has 1 saturated heterocycles. The number of alkyl halides is 1. The Balaban J connectivity index is 2.82. The number of nitrogens with zero attached hydrogens (tertiary/aromatic N) is 1. The van der Waals surface area contributed by atoms with E-state index >= 15 is 0 Å². The molecule has 1 nitrogen and oxygen atoms in total. The zero-order valence-corrected chi connectivity index (χ0v) is 14.7. The van der Waals surface area contributed by atoms with E-state index in [0.717, 1.165) is 5.33 Å². The average Bonchev–Trinajstić information content (AvgIpc) is 2.29. The number of hydrogen-bond donors (Lipinski definition) is 0. The highest BCUT2D eigenvalue weighted by atomic mass is 79.9. The molecule has 0 aromatic heterocycles. The smallest absolute Gasteiger partial charge is 0.115 e.